The molecule has 0 radical (unpaired) electrons. The normalized spacial score (nSPS) is 12.7. The van der Waals surface area contributed by atoms with E-state index in [1.807, 2.05) is 0 Å². The van der Waals surface area contributed by atoms with Gasteiger partial charge in [-0.25, -0.2) is 0 Å². The highest BCUT2D eigenvalue weighted by molar-refractivity contribution is 5.71. The van der Waals surface area contributed by atoms with E-state index in [9.17, 15) is 14.4 Å². The molecule has 0 aliphatic rings. The first-order chi connectivity index (χ1) is 29.0. The van der Waals surface area contributed by atoms with Gasteiger partial charge in [-0.15, -0.1) is 0 Å². The molecule has 1 unspecified atom stereocenters. The molecule has 0 saturated carbocycles. The molecule has 0 rings (SSSR count). The van der Waals surface area contributed by atoms with E-state index in [2.05, 4.69) is 93.7 Å². The van der Waals surface area contributed by atoms with E-state index in [1.165, 1.54) is 77.0 Å². The number of carbonyl (C=O) groups is 3. The Labute approximate surface area is 363 Å². The molecule has 0 N–H and O–H groups in total. The third kappa shape index (κ3) is 45.8. The zero-order chi connectivity index (χ0) is 43.0. The maximum atomic E-state index is 12.7. The molecule has 0 aromatic rings. The van der Waals surface area contributed by atoms with Crippen molar-refractivity contribution in [3.05, 3.63) is 72.9 Å². The van der Waals surface area contributed by atoms with Crippen LogP contribution >= 0.6 is 0 Å². The fourth-order valence-electron chi connectivity index (χ4n) is 6.52. The summed E-state index contributed by atoms with van der Waals surface area (Å²) in [5, 5.41) is 0. The van der Waals surface area contributed by atoms with Crippen molar-refractivity contribution < 1.29 is 28.6 Å². The summed E-state index contributed by atoms with van der Waals surface area (Å²) in [4.78, 5) is 37.8. The summed E-state index contributed by atoms with van der Waals surface area (Å²) in [6.45, 7) is 6.44. The molecule has 0 aliphatic carbocycles. The minimum atomic E-state index is -0.793. The van der Waals surface area contributed by atoms with Crippen LogP contribution in [-0.2, 0) is 28.6 Å². The molecular formula is C53H90O6. The first-order valence-corrected chi connectivity index (χ1v) is 24.4. The second-order valence-electron chi connectivity index (χ2n) is 16.0. The molecule has 6 heteroatoms. The number of esters is 3. The largest absolute Gasteiger partial charge is 0.462 e. The molecule has 0 aliphatic heterocycles. The van der Waals surface area contributed by atoms with Crippen LogP contribution in [0.15, 0.2) is 72.9 Å². The molecule has 0 aromatic heterocycles. The van der Waals surface area contributed by atoms with Crippen molar-refractivity contribution in [3.63, 3.8) is 0 Å². The maximum absolute atomic E-state index is 12.7. The highest BCUT2D eigenvalue weighted by Gasteiger charge is 2.19. The first-order valence-electron chi connectivity index (χ1n) is 24.4. The van der Waals surface area contributed by atoms with Crippen molar-refractivity contribution >= 4 is 17.9 Å². The van der Waals surface area contributed by atoms with E-state index in [0.717, 1.165) is 109 Å². The summed E-state index contributed by atoms with van der Waals surface area (Å²) in [6, 6.07) is 0. The number of hydrogen-bond acceptors (Lipinski definition) is 6. The second-order valence-corrected chi connectivity index (χ2v) is 16.0. The van der Waals surface area contributed by atoms with Gasteiger partial charge in [0.05, 0.1) is 0 Å². The van der Waals surface area contributed by atoms with Gasteiger partial charge < -0.3 is 14.2 Å². The number of hydrogen-bond donors (Lipinski definition) is 0. The van der Waals surface area contributed by atoms with Gasteiger partial charge in [0.2, 0.25) is 0 Å². The van der Waals surface area contributed by atoms with Gasteiger partial charge in [-0.2, -0.15) is 0 Å². The fourth-order valence-corrected chi connectivity index (χ4v) is 6.52. The van der Waals surface area contributed by atoms with Gasteiger partial charge in [-0.05, 0) is 89.9 Å². The van der Waals surface area contributed by atoms with Gasteiger partial charge >= 0.3 is 17.9 Å². The lowest BCUT2D eigenvalue weighted by Gasteiger charge is -2.18. The molecule has 1 atom stereocenters. The average Bonchev–Trinajstić information content (AvgIpc) is 3.23. The Balaban J connectivity index is 4.41. The van der Waals surface area contributed by atoms with Crippen LogP contribution < -0.4 is 0 Å². The fraction of sp³-hybridized carbons (Fsp3) is 0.717. The van der Waals surface area contributed by atoms with Crippen molar-refractivity contribution in [3.8, 4) is 0 Å². The molecule has 0 bridgehead atoms. The summed E-state index contributed by atoms with van der Waals surface area (Å²) >= 11 is 0. The zero-order valence-corrected chi connectivity index (χ0v) is 38.5. The van der Waals surface area contributed by atoms with Gasteiger partial charge in [0.1, 0.15) is 13.2 Å². The molecule has 0 spiro atoms. The van der Waals surface area contributed by atoms with E-state index in [-0.39, 0.29) is 31.1 Å². The molecular weight excluding hydrogens is 733 g/mol. The topological polar surface area (TPSA) is 78.9 Å². The molecule has 0 heterocycles. The number of ether oxygens (including phenoxy) is 3. The zero-order valence-electron chi connectivity index (χ0n) is 38.5. The quantitative estimate of drug-likeness (QED) is 0.0264. The van der Waals surface area contributed by atoms with Crippen molar-refractivity contribution in [2.24, 2.45) is 0 Å². The summed E-state index contributed by atoms with van der Waals surface area (Å²) < 4.78 is 16.7. The summed E-state index contributed by atoms with van der Waals surface area (Å²) in [5.74, 6) is -0.946. The lowest BCUT2D eigenvalue weighted by Crippen LogP contribution is -2.30. The number of allylic oxidation sites excluding steroid dienone is 12. The van der Waals surface area contributed by atoms with Crippen LogP contribution in [0.2, 0.25) is 0 Å². The molecule has 6 nitrogen and oxygen atoms in total. The Morgan fingerprint density at radius 2 is 0.661 bits per heavy atom. The van der Waals surface area contributed by atoms with E-state index in [0.29, 0.717) is 19.3 Å². The minimum absolute atomic E-state index is 0.0913. The average molecular weight is 823 g/mol. The minimum Gasteiger partial charge on any atom is -0.462 e. The third-order valence-electron chi connectivity index (χ3n) is 10.2. The third-order valence-corrected chi connectivity index (χ3v) is 10.2. The van der Waals surface area contributed by atoms with Gasteiger partial charge in [0.25, 0.3) is 0 Å². The van der Waals surface area contributed by atoms with Gasteiger partial charge in [-0.1, -0.05) is 190 Å². The van der Waals surface area contributed by atoms with Crippen LogP contribution in [0.1, 0.15) is 226 Å². The maximum Gasteiger partial charge on any atom is 0.306 e. The highest BCUT2D eigenvalue weighted by Crippen LogP contribution is 2.13. The summed E-state index contributed by atoms with van der Waals surface area (Å²) in [6.07, 6.45) is 58.9. The summed E-state index contributed by atoms with van der Waals surface area (Å²) in [5.41, 5.74) is 0. The van der Waals surface area contributed by atoms with Crippen LogP contribution in [0.4, 0.5) is 0 Å². The van der Waals surface area contributed by atoms with Gasteiger partial charge in [-0.3, -0.25) is 14.4 Å². The van der Waals surface area contributed by atoms with Gasteiger partial charge in [0, 0.05) is 19.3 Å². The molecule has 0 aromatic carbocycles. The smallest absolute Gasteiger partial charge is 0.306 e. The molecule has 0 fully saturated rings. The predicted molar refractivity (Wildman–Crippen MR) is 251 cm³/mol. The number of carbonyl (C=O) groups excluding carboxylic acids is 3. The van der Waals surface area contributed by atoms with E-state index >= 15 is 0 Å². The Morgan fingerprint density at radius 3 is 1.07 bits per heavy atom. The van der Waals surface area contributed by atoms with Crippen LogP contribution in [0.3, 0.4) is 0 Å². The Morgan fingerprint density at radius 1 is 0.356 bits per heavy atom. The summed E-state index contributed by atoms with van der Waals surface area (Å²) in [7, 11) is 0. The van der Waals surface area contributed by atoms with Crippen molar-refractivity contribution in [1.82, 2.24) is 0 Å². The molecule has 59 heavy (non-hydrogen) atoms. The van der Waals surface area contributed by atoms with E-state index in [1.54, 1.807) is 0 Å². The van der Waals surface area contributed by atoms with Crippen LogP contribution in [0.25, 0.3) is 0 Å². The lowest BCUT2D eigenvalue weighted by molar-refractivity contribution is -0.167. The second kappa shape index (κ2) is 47.5. The molecule has 0 saturated heterocycles. The van der Waals surface area contributed by atoms with E-state index in [4.69, 9.17) is 14.2 Å². The Kier molecular flexibility index (Phi) is 45.0. The molecule has 338 valence electrons. The van der Waals surface area contributed by atoms with Crippen molar-refractivity contribution in [1.29, 1.82) is 0 Å². The SMILES string of the molecule is CC/C=C\C/C=C\C/C=C\C/C=C\C/C=C\CCCCCC(=O)OCC(COC(=O)CCCCCCCCCCC)OC(=O)CCCCC/C=C\CCCCCCCC. The van der Waals surface area contributed by atoms with Crippen LogP contribution in [0.5, 0.6) is 0 Å². The van der Waals surface area contributed by atoms with Crippen LogP contribution in [0, 0.1) is 0 Å². The monoisotopic (exact) mass is 823 g/mol. The predicted octanol–water partition coefficient (Wildman–Crippen LogP) is 15.9. The van der Waals surface area contributed by atoms with Crippen molar-refractivity contribution in [2.75, 3.05) is 13.2 Å². The lowest BCUT2D eigenvalue weighted by atomic mass is 10.1. The van der Waals surface area contributed by atoms with E-state index < -0.39 is 6.10 Å². The number of unbranched alkanes of at least 4 members (excludes halogenated alkanes) is 20. The molecule has 0 amide bonds. The Hall–Kier alpha value is -3.15. The number of rotatable bonds is 43. The standard InChI is InChI=1S/C53H90O6/c1-4-7-10-13-16-19-21-23-24-25-26-27-28-30-31-34-37-40-43-46-52(55)58-49-50(48-57-51(54)45-42-39-36-33-18-15-12-9-6-3)59-53(56)47-44-41-38-35-32-29-22-20-17-14-11-8-5-2/h7,10,16,19,23-24,26-27,29-32,50H,4-6,8-9,11-15,17-18,20-22,25,28,33-49H2,1-3H3/b10-7-,19-16-,24-23-,27-26-,31-30-,32-29-. The first kappa shape index (κ1) is 55.9. The Bertz CT molecular complexity index is 1130. The van der Waals surface area contributed by atoms with Crippen LogP contribution in [-0.4, -0.2) is 37.2 Å². The van der Waals surface area contributed by atoms with Crippen molar-refractivity contribution in [2.45, 2.75) is 232 Å². The van der Waals surface area contributed by atoms with Gasteiger partial charge in [0.15, 0.2) is 6.10 Å². The highest BCUT2D eigenvalue weighted by atomic mass is 16.6.